The van der Waals surface area contributed by atoms with Gasteiger partial charge in [-0.25, -0.2) is 0 Å². The van der Waals surface area contributed by atoms with Gasteiger partial charge in [0.05, 0.1) is 17.3 Å². The van der Waals surface area contributed by atoms with Crippen molar-refractivity contribution in [2.24, 2.45) is 11.8 Å². The van der Waals surface area contributed by atoms with E-state index in [1.54, 1.807) is 0 Å². The predicted octanol–water partition coefficient (Wildman–Crippen LogP) is 6.78. The Labute approximate surface area is 202 Å². The summed E-state index contributed by atoms with van der Waals surface area (Å²) in [5, 5.41) is 19.2. The van der Waals surface area contributed by atoms with E-state index in [1.807, 2.05) is 42.5 Å². The minimum Gasteiger partial charge on any atom is -0.274 e. The van der Waals surface area contributed by atoms with E-state index in [2.05, 4.69) is 74.6 Å². The smallest absolute Gasteiger partial charge is 0.169 e. The fourth-order valence-corrected chi connectivity index (χ4v) is 4.47. The molecule has 0 radical (unpaired) electrons. The van der Waals surface area contributed by atoms with Gasteiger partial charge in [-0.1, -0.05) is 64.1 Å². The number of nitrogens with zero attached hydrogens (tertiary/aromatic N) is 4. The number of aryl methyl sites for hydroxylation is 1. The maximum Gasteiger partial charge on any atom is 0.169 e. The average molecular weight is 447 g/mol. The zero-order valence-electron chi connectivity index (χ0n) is 20.6. The molecule has 0 spiro atoms. The molecule has 170 valence electrons. The fraction of sp³-hybridized carbons (Fsp3) is 0.300. The van der Waals surface area contributed by atoms with Gasteiger partial charge in [-0.15, -0.1) is 10.2 Å². The standard InChI is InChI=1S/C30H30N4/c1-20(2)15-25-17-23(19-31)18-26(16-21(3)4)28(25)34-29(24-12-7-6-8-13-24)32-33-30(34)27-14-10-9-11-22(27)5/h7,9-14,17-18,20-21H,15-16H2,1-5H3. The van der Waals surface area contributed by atoms with Crippen LogP contribution in [0.2, 0.25) is 0 Å². The van der Waals surface area contributed by atoms with Gasteiger partial charge in [0.2, 0.25) is 0 Å². The van der Waals surface area contributed by atoms with Crippen LogP contribution in [-0.2, 0) is 12.8 Å². The molecule has 0 fully saturated rings. The molecular formula is C30H30N4. The van der Waals surface area contributed by atoms with Crippen LogP contribution in [0.5, 0.6) is 0 Å². The van der Waals surface area contributed by atoms with Crippen LogP contribution < -0.4 is 0 Å². The van der Waals surface area contributed by atoms with Crippen molar-refractivity contribution in [3.63, 3.8) is 0 Å². The summed E-state index contributed by atoms with van der Waals surface area (Å²) < 4.78 is 2.20. The molecule has 0 aliphatic heterocycles. The lowest BCUT2D eigenvalue weighted by Crippen LogP contribution is -2.12. The number of hydrogen-bond donors (Lipinski definition) is 0. The summed E-state index contributed by atoms with van der Waals surface area (Å²) in [7, 11) is 0. The van der Waals surface area contributed by atoms with E-state index in [0.717, 1.165) is 58.0 Å². The SMILES string of the molecule is Cc1ccccc1-c1nnc(-c2cc#ccc2)n1-c1c(CC(C)C)cc(C#N)cc1CC(C)C. The topological polar surface area (TPSA) is 54.5 Å². The zero-order valence-corrected chi connectivity index (χ0v) is 20.6. The van der Waals surface area contributed by atoms with E-state index < -0.39 is 0 Å². The van der Waals surface area contributed by atoms with Crippen molar-refractivity contribution in [1.82, 2.24) is 14.8 Å². The molecule has 0 aliphatic rings. The summed E-state index contributed by atoms with van der Waals surface area (Å²) in [5.74, 6) is 2.44. The summed E-state index contributed by atoms with van der Waals surface area (Å²) in [4.78, 5) is 0. The molecule has 3 aromatic carbocycles. The van der Waals surface area contributed by atoms with Crippen LogP contribution in [0.4, 0.5) is 0 Å². The number of benzene rings is 2. The lowest BCUT2D eigenvalue weighted by atomic mass is 9.91. The summed E-state index contributed by atoms with van der Waals surface area (Å²) in [6, 6.07) is 26.5. The van der Waals surface area contributed by atoms with Crippen LogP contribution in [0.25, 0.3) is 28.5 Å². The Hall–Kier alpha value is -3.89. The number of rotatable bonds is 7. The van der Waals surface area contributed by atoms with E-state index in [1.165, 1.54) is 0 Å². The van der Waals surface area contributed by atoms with Crippen molar-refractivity contribution in [3.05, 3.63) is 89.0 Å². The summed E-state index contributed by atoms with van der Waals surface area (Å²) in [6.07, 6.45) is 1.71. The second-order valence-electron chi connectivity index (χ2n) is 9.67. The molecule has 1 aromatic heterocycles. The second-order valence-corrected chi connectivity index (χ2v) is 9.67. The average Bonchev–Trinajstić information content (AvgIpc) is 3.23. The van der Waals surface area contributed by atoms with Gasteiger partial charge >= 0.3 is 0 Å². The monoisotopic (exact) mass is 446 g/mol. The summed E-state index contributed by atoms with van der Waals surface area (Å²) >= 11 is 0. The Bertz CT molecular complexity index is 1290. The third kappa shape index (κ3) is 4.73. The quantitative estimate of drug-likeness (QED) is 0.314. The second kappa shape index (κ2) is 9.94. The highest BCUT2D eigenvalue weighted by atomic mass is 15.3. The van der Waals surface area contributed by atoms with Gasteiger partial charge in [0.1, 0.15) is 0 Å². The van der Waals surface area contributed by atoms with Crippen LogP contribution in [0.3, 0.4) is 0 Å². The normalized spacial score (nSPS) is 11.0. The van der Waals surface area contributed by atoms with Crippen molar-refractivity contribution in [2.75, 3.05) is 0 Å². The molecule has 4 heteroatoms. The third-order valence-corrected chi connectivity index (χ3v) is 5.84. The number of hydrogen-bond acceptors (Lipinski definition) is 3. The van der Waals surface area contributed by atoms with Crippen molar-refractivity contribution in [2.45, 2.75) is 47.5 Å². The molecule has 0 aliphatic carbocycles. The van der Waals surface area contributed by atoms with E-state index in [4.69, 9.17) is 5.10 Å². The van der Waals surface area contributed by atoms with Gasteiger partial charge in [0.25, 0.3) is 0 Å². The predicted molar refractivity (Wildman–Crippen MR) is 136 cm³/mol. The number of aromatic nitrogens is 3. The van der Waals surface area contributed by atoms with Crippen molar-refractivity contribution in [3.8, 4) is 34.5 Å². The van der Waals surface area contributed by atoms with Crippen LogP contribution >= 0.6 is 0 Å². The molecule has 34 heavy (non-hydrogen) atoms. The molecule has 0 amide bonds. The van der Waals surface area contributed by atoms with E-state index in [-0.39, 0.29) is 0 Å². The van der Waals surface area contributed by atoms with E-state index in [0.29, 0.717) is 17.4 Å². The Morgan fingerprint density at radius 3 is 2.12 bits per heavy atom. The first kappa shape index (κ1) is 23.3. The minimum absolute atomic E-state index is 0.432. The molecule has 0 unspecified atom stereocenters. The van der Waals surface area contributed by atoms with Crippen molar-refractivity contribution in [1.29, 1.82) is 5.26 Å². The molecule has 0 saturated carbocycles. The van der Waals surface area contributed by atoms with Gasteiger partial charge in [-0.05, 0) is 78.6 Å². The summed E-state index contributed by atoms with van der Waals surface area (Å²) in [5.41, 5.74) is 7.20. The largest absolute Gasteiger partial charge is 0.274 e. The third-order valence-electron chi connectivity index (χ3n) is 5.84. The first-order valence-corrected chi connectivity index (χ1v) is 11.8. The molecule has 1 heterocycles. The van der Waals surface area contributed by atoms with Gasteiger partial charge in [-0.2, -0.15) is 5.26 Å². The van der Waals surface area contributed by atoms with Crippen molar-refractivity contribution < 1.29 is 0 Å². The molecule has 0 atom stereocenters. The molecule has 0 N–H and O–H groups in total. The van der Waals surface area contributed by atoms with Gasteiger partial charge in [-0.3, -0.25) is 4.57 Å². The Morgan fingerprint density at radius 1 is 0.912 bits per heavy atom. The van der Waals surface area contributed by atoms with Crippen molar-refractivity contribution >= 4 is 0 Å². The van der Waals surface area contributed by atoms with E-state index in [9.17, 15) is 5.26 Å². The molecule has 4 nitrogen and oxygen atoms in total. The highest BCUT2D eigenvalue weighted by molar-refractivity contribution is 5.71. The lowest BCUT2D eigenvalue weighted by molar-refractivity contribution is 0.631. The highest BCUT2D eigenvalue weighted by Crippen LogP contribution is 2.35. The molecule has 4 aromatic rings. The minimum atomic E-state index is 0.432. The van der Waals surface area contributed by atoms with Crippen LogP contribution in [0.15, 0.2) is 54.6 Å². The van der Waals surface area contributed by atoms with Gasteiger partial charge in [0.15, 0.2) is 11.6 Å². The first-order chi connectivity index (χ1) is 16.4. The van der Waals surface area contributed by atoms with Crippen LogP contribution in [0.1, 0.15) is 49.9 Å². The summed E-state index contributed by atoms with van der Waals surface area (Å²) in [6.45, 7) is 10.9. The maximum absolute atomic E-state index is 9.79. The Kier molecular flexibility index (Phi) is 6.80. The first-order valence-electron chi connectivity index (χ1n) is 11.8. The highest BCUT2D eigenvalue weighted by Gasteiger charge is 2.24. The van der Waals surface area contributed by atoms with Crippen LogP contribution in [0, 0.1) is 42.2 Å². The van der Waals surface area contributed by atoms with Gasteiger partial charge < -0.3 is 0 Å². The lowest BCUT2D eigenvalue weighted by Gasteiger charge is -2.22. The molecule has 0 bridgehead atoms. The molecule has 4 rings (SSSR count). The Morgan fingerprint density at radius 2 is 1.56 bits per heavy atom. The fourth-order valence-electron chi connectivity index (χ4n) is 4.47. The number of nitriles is 1. The van der Waals surface area contributed by atoms with Gasteiger partial charge in [0, 0.05) is 11.1 Å². The van der Waals surface area contributed by atoms with E-state index >= 15 is 0 Å². The molecular weight excluding hydrogens is 416 g/mol. The Balaban J connectivity index is 2.11. The maximum atomic E-state index is 9.79. The van der Waals surface area contributed by atoms with Crippen LogP contribution in [-0.4, -0.2) is 14.8 Å². The zero-order chi connectivity index (χ0) is 24.2. The molecule has 0 saturated heterocycles.